The van der Waals surface area contributed by atoms with E-state index in [9.17, 15) is 4.79 Å². The highest BCUT2D eigenvalue weighted by atomic mass is 32.1. The summed E-state index contributed by atoms with van der Waals surface area (Å²) in [6, 6.07) is 4.32. The Morgan fingerprint density at radius 2 is 1.67 bits per heavy atom. The minimum absolute atomic E-state index is 0.812. The standard InChI is InChI=1S/C20H27NOS2/c1-2-3-4-5-6-7-8-9-10-11-15-13-18-19(23-15)17-12-16(14-22)24-20(17)21-18/h12-14,21H,2-11H2,1H3. The predicted molar refractivity (Wildman–Crippen MR) is 108 cm³/mol. The van der Waals surface area contributed by atoms with Crippen molar-refractivity contribution in [1.29, 1.82) is 0 Å². The largest absolute Gasteiger partial charge is 0.345 e. The van der Waals surface area contributed by atoms with Crippen LogP contribution in [0.15, 0.2) is 12.1 Å². The third kappa shape index (κ3) is 4.28. The molecule has 0 aliphatic heterocycles. The van der Waals surface area contributed by atoms with Gasteiger partial charge in [-0.2, -0.15) is 0 Å². The highest BCUT2D eigenvalue weighted by Crippen LogP contribution is 2.37. The van der Waals surface area contributed by atoms with E-state index in [2.05, 4.69) is 18.0 Å². The van der Waals surface area contributed by atoms with Crippen LogP contribution in [0.1, 0.15) is 79.3 Å². The smallest absolute Gasteiger partial charge is 0.160 e. The molecule has 0 atom stereocenters. The van der Waals surface area contributed by atoms with E-state index in [4.69, 9.17) is 0 Å². The number of nitrogens with one attached hydrogen (secondary N) is 1. The molecule has 130 valence electrons. The number of aryl methyl sites for hydroxylation is 1. The number of rotatable bonds is 11. The number of carbonyl (C=O) groups is 1. The number of aromatic nitrogens is 1. The van der Waals surface area contributed by atoms with Crippen LogP contribution in [-0.2, 0) is 6.42 Å². The number of hydrogen-bond donors (Lipinski definition) is 1. The molecule has 0 radical (unpaired) electrons. The Kier molecular flexibility index (Phi) is 6.50. The average molecular weight is 362 g/mol. The average Bonchev–Trinajstić information content (AvgIpc) is 3.23. The molecule has 1 N–H and O–H groups in total. The molecule has 0 fully saturated rings. The molecule has 2 nitrogen and oxygen atoms in total. The van der Waals surface area contributed by atoms with E-state index in [-0.39, 0.29) is 0 Å². The Labute approximate surface area is 152 Å². The summed E-state index contributed by atoms with van der Waals surface area (Å²) in [5, 5.41) is 1.22. The fourth-order valence-corrected chi connectivity index (χ4v) is 5.45. The number of fused-ring (bicyclic) bond motifs is 3. The van der Waals surface area contributed by atoms with Crippen LogP contribution < -0.4 is 0 Å². The van der Waals surface area contributed by atoms with Crippen LogP contribution in [0.3, 0.4) is 0 Å². The maximum atomic E-state index is 10.9. The van der Waals surface area contributed by atoms with Gasteiger partial charge in [-0.15, -0.1) is 22.7 Å². The zero-order valence-electron chi connectivity index (χ0n) is 14.5. The van der Waals surface area contributed by atoms with Crippen LogP contribution in [0.2, 0.25) is 0 Å². The lowest BCUT2D eigenvalue weighted by Gasteiger charge is -2.01. The van der Waals surface area contributed by atoms with Crippen molar-refractivity contribution in [2.75, 3.05) is 0 Å². The highest BCUT2D eigenvalue weighted by Gasteiger charge is 2.11. The highest BCUT2D eigenvalue weighted by molar-refractivity contribution is 7.23. The number of thiophene rings is 2. The normalized spacial score (nSPS) is 11.7. The maximum absolute atomic E-state index is 10.9. The molecule has 0 unspecified atom stereocenters. The van der Waals surface area contributed by atoms with Crippen LogP contribution in [0.25, 0.3) is 20.4 Å². The minimum Gasteiger partial charge on any atom is -0.345 e. The molecule has 0 saturated heterocycles. The van der Waals surface area contributed by atoms with Crippen LogP contribution in [0.4, 0.5) is 0 Å². The molecule has 0 bridgehead atoms. The van der Waals surface area contributed by atoms with Crippen molar-refractivity contribution in [3.05, 3.63) is 21.9 Å². The van der Waals surface area contributed by atoms with Crippen LogP contribution in [0, 0.1) is 0 Å². The van der Waals surface area contributed by atoms with Crippen molar-refractivity contribution >= 4 is 49.4 Å². The zero-order valence-corrected chi connectivity index (χ0v) is 16.2. The molecular weight excluding hydrogens is 334 g/mol. The predicted octanol–water partition coefficient (Wildman–Crippen LogP) is 7.33. The van der Waals surface area contributed by atoms with Crippen molar-refractivity contribution in [2.45, 2.75) is 71.1 Å². The second-order valence-corrected chi connectivity index (χ2v) is 8.89. The van der Waals surface area contributed by atoms with Gasteiger partial charge in [0.15, 0.2) is 6.29 Å². The lowest BCUT2D eigenvalue weighted by molar-refractivity contribution is 0.112. The van der Waals surface area contributed by atoms with E-state index in [1.807, 2.05) is 17.4 Å². The first-order valence-electron chi connectivity index (χ1n) is 9.31. The molecule has 0 aromatic carbocycles. The number of H-pyrrole nitrogens is 1. The summed E-state index contributed by atoms with van der Waals surface area (Å²) in [6.07, 6.45) is 14.6. The number of unbranched alkanes of at least 4 members (excludes halogenated alkanes) is 8. The Balaban J connectivity index is 1.42. The Morgan fingerprint density at radius 3 is 2.38 bits per heavy atom. The van der Waals surface area contributed by atoms with Gasteiger partial charge < -0.3 is 4.98 Å². The summed E-state index contributed by atoms with van der Waals surface area (Å²) in [7, 11) is 0. The van der Waals surface area contributed by atoms with Gasteiger partial charge in [-0.25, -0.2) is 0 Å². The molecule has 0 spiro atoms. The number of aromatic amines is 1. The minimum atomic E-state index is 0.812. The number of aldehydes is 1. The van der Waals surface area contributed by atoms with Gasteiger partial charge in [0.1, 0.15) is 4.83 Å². The van der Waals surface area contributed by atoms with E-state index >= 15 is 0 Å². The second kappa shape index (κ2) is 8.82. The topological polar surface area (TPSA) is 32.9 Å². The van der Waals surface area contributed by atoms with Crippen molar-refractivity contribution in [3.8, 4) is 0 Å². The second-order valence-electron chi connectivity index (χ2n) is 6.67. The molecule has 0 amide bonds. The summed E-state index contributed by atoms with van der Waals surface area (Å²) >= 11 is 3.44. The SMILES string of the molecule is CCCCCCCCCCCc1cc2[nH]c3sc(C=O)cc3c2s1. The summed E-state index contributed by atoms with van der Waals surface area (Å²) in [4.78, 5) is 17.8. The van der Waals surface area contributed by atoms with Gasteiger partial charge in [0.25, 0.3) is 0 Å². The van der Waals surface area contributed by atoms with Crippen LogP contribution in [-0.4, -0.2) is 11.3 Å². The Bertz CT molecular complexity index is 780. The number of carbonyl (C=O) groups excluding carboxylic acids is 1. The van der Waals surface area contributed by atoms with E-state index in [0.29, 0.717) is 0 Å². The van der Waals surface area contributed by atoms with Gasteiger partial charge in [0.05, 0.1) is 15.1 Å². The summed E-state index contributed by atoms with van der Waals surface area (Å²) < 4.78 is 1.32. The first-order valence-corrected chi connectivity index (χ1v) is 10.9. The molecule has 0 aliphatic rings. The quantitative estimate of drug-likeness (QED) is 0.281. The summed E-state index contributed by atoms with van der Waals surface area (Å²) in [5.41, 5.74) is 1.24. The Hall–Kier alpha value is -1.13. The monoisotopic (exact) mass is 361 g/mol. The molecule has 4 heteroatoms. The fourth-order valence-electron chi connectivity index (χ4n) is 3.32. The molecule has 3 aromatic rings. The van der Waals surface area contributed by atoms with Crippen molar-refractivity contribution < 1.29 is 4.79 Å². The van der Waals surface area contributed by atoms with Gasteiger partial charge in [-0.1, -0.05) is 58.3 Å². The molecular formula is C20H27NOS2. The van der Waals surface area contributed by atoms with Gasteiger partial charge in [0, 0.05) is 10.3 Å². The third-order valence-corrected chi connectivity index (χ3v) is 6.87. The van der Waals surface area contributed by atoms with Gasteiger partial charge in [0.2, 0.25) is 0 Å². The molecule has 3 heterocycles. The molecule has 0 saturated carbocycles. The van der Waals surface area contributed by atoms with E-state index in [0.717, 1.165) is 16.0 Å². The Morgan fingerprint density at radius 1 is 0.958 bits per heavy atom. The van der Waals surface area contributed by atoms with E-state index < -0.39 is 0 Å². The van der Waals surface area contributed by atoms with Crippen molar-refractivity contribution in [1.82, 2.24) is 4.98 Å². The van der Waals surface area contributed by atoms with Gasteiger partial charge in [-0.3, -0.25) is 4.79 Å². The molecule has 24 heavy (non-hydrogen) atoms. The van der Waals surface area contributed by atoms with Gasteiger partial charge in [-0.05, 0) is 25.0 Å². The maximum Gasteiger partial charge on any atom is 0.160 e. The fraction of sp³-hybridized carbons (Fsp3) is 0.550. The van der Waals surface area contributed by atoms with Crippen LogP contribution in [0.5, 0.6) is 0 Å². The summed E-state index contributed by atoms with van der Waals surface area (Å²) in [5.74, 6) is 0. The lowest BCUT2D eigenvalue weighted by atomic mass is 10.1. The molecule has 3 rings (SSSR count). The zero-order chi connectivity index (χ0) is 16.8. The first-order chi connectivity index (χ1) is 11.8. The summed E-state index contributed by atoms with van der Waals surface area (Å²) in [6.45, 7) is 2.27. The van der Waals surface area contributed by atoms with Crippen molar-refractivity contribution in [2.24, 2.45) is 0 Å². The van der Waals surface area contributed by atoms with E-state index in [1.165, 1.54) is 84.7 Å². The molecule has 0 aliphatic carbocycles. The first kappa shape index (κ1) is 17.7. The van der Waals surface area contributed by atoms with Crippen molar-refractivity contribution in [3.63, 3.8) is 0 Å². The lowest BCUT2D eigenvalue weighted by Crippen LogP contribution is -1.83. The van der Waals surface area contributed by atoms with Gasteiger partial charge >= 0.3 is 0 Å². The van der Waals surface area contributed by atoms with Crippen LogP contribution >= 0.6 is 22.7 Å². The third-order valence-electron chi connectivity index (χ3n) is 4.67. The molecule has 3 aromatic heterocycles. The number of hydrogen-bond acceptors (Lipinski definition) is 3. The van der Waals surface area contributed by atoms with E-state index in [1.54, 1.807) is 11.3 Å².